The molecule has 0 aliphatic heterocycles. The van der Waals surface area contributed by atoms with Crippen molar-refractivity contribution in [2.75, 3.05) is 19.8 Å². The van der Waals surface area contributed by atoms with Crippen molar-refractivity contribution in [3.8, 4) is 0 Å². The third-order valence-corrected chi connectivity index (χ3v) is 3.37. The summed E-state index contributed by atoms with van der Waals surface area (Å²) in [7, 11) is 0. The molecule has 0 amide bonds. The van der Waals surface area contributed by atoms with E-state index in [4.69, 9.17) is 9.47 Å². The number of unbranched alkanes of at least 4 members (excludes halogenated alkanes) is 1. The molecule has 1 aliphatic carbocycles. The fraction of sp³-hybridized carbons (Fsp3) is 0.800. The highest BCUT2D eigenvalue weighted by molar-refractivity contribution is 5.86. The predicted molar refractivity (Wildman–Crippen MR) is 73.8 cm³/mol. The van der Waals surface area contributed by atoms with E-state index in [1.54, 1.807) is 6.92 Å². The Morgan fingerprint density at radius 2 is 2.05 bits per heavy atom. The quantitative estimate of drug-likeness (QED) is 0.418. The SMILES string of the molecule is C=C(C)C(=O)OCCCCOCC1CCCC(O)C1. The van der Waals surface area contributed by atoms with Crippen molar-refractivity contribution in [2.45, 2.75) is 51.6 Å². The van der Waals surface area contributed by atoms with Gasteiger partial charge in [0.25, 0.3) is 0 Å². The number of ether oxygens (including phenoxy) is 2. The average molecular weight is 270 g/mol. The molecule has 1 rings (SSSR count). The Morgan fingerprint density at radius 3 is 2.74 bits per heavy atom. The van der Waals surface area contributed by atoms with Crippen LogP contribution in [0.25, 0.3) is 0 Å². The van der Waals surface area contributed by atoms with Gasteiger partial charge in [0, 0.05) is 18.8 Å². The van der Waals surface area contributed by atoms with E-state index < -0.39 is 0 Å². The van der Waals surface area contributed by atoms with Crippen LogP contribution in [0.15, 0.2) is 12.2 Å². The van der Waals surface area contributed by atoms with Crippen molar-refractivity contribution in [2.24, 2.45) is 5.92 Å². The van der Waals surface area contributed by atoms with Crippen LogP contribution in [-0.4, -0.2) is 37.0 Å². The number of rotatable bonds is 8. The molecule has 0 saturated heterocycles. The third kappa shape index (κ3) is 7.33. The van der Waals surface area contributed by atoms with E-state index in [1.165, 1.54) is 0 Å². The molecule has 4 heteroatoms. The molecule has 0 aromatic heterocycles. The van der Waals surface area contributed by atoms with Crippen LogP contribution in [0.1, 0.15) is 45.4 Å². The lowest BCUT2D eigenvalue weighted by Crippen LogP contribution is -2.23. The van der Waals surface area contributed by atoms with E-state index in [1.807, 2.05) is 0 Å². The Kier molecular flexibility index (Phi) is 7.75. The summed E-state index contributed by atoms with van der Waals surface area (Å²) in [6, 6.07) is 0. The Balaban J connectivity index is 1.91. The maximum atomic E-state index is 11.1. The number of aliphatic hydroxyl groups excluding tert-OH is 1. The summed E-state index contributed by atoms with van der Waals surface area (Å²) >= 11 is 0. The van der Waals surface area contributed by atoms with Gasteiger partial charge in [-0.1, -0.05) is 13.0 Å². The largest absolute Gasteiger partial charge is 0.462 e. The minimum atomic E-state index is -0.322. The van der Waals surface area contributed by atoms with Crippen molar-refractivity contribution in [3.63, 3.8) is 0 Å². The van der Waals surface area contributed by atoms with Gasteiger partial charge in [0.15, 0.2) is 0 Å². The van der Waals surface area contributed by atoms with Crippen LogP contribution in [0.2, 0.25) is 0 Å². The van der Waals surface area contributed by atoms with Gasteiger partial charge < -0.3 is 14.6 Å². The molecule has 1 saturated carbocycles. The molecule has 0 spiro atoms. The molecule has 2 atom stereocenters. The van der Waals surface area contributed by atoms with Crippen LogP contribution in [0, 0.1) is 5.92 Å². The van der Waals surface area contributed by atoms with Gasteiger partial charge in [-0.3, -0.25) is 0 Å². The van der Waals surface area contributed by atoms with Crippen LogP contribution < -0.4 is 0 Å². The van der Waals surface area contributed by atoms with Crippen molar-refractivity contribution >= 4 is 5.97 Å². The first kappa shape index (κ1) is 16.2. The van der Waals surface area contributed by atoms with E-state index in [0.717, 1.165) is 45.1 Å². The maximum Gasteiger partial charge on any atom is 0.333 e. The van der Waals surface area contributed by atoms with Gasteiger partial charge in [-0.15, -0.1) is 0 Å². The topological polar surface area (TPSA) is 55.8 Å². The zero-order chi connectivity index (χ0) is 14.1. The number of carbonyl (C=O) groups is 1. The van der Waals surface area contributed by atoms with E-state index >= 15 is 0 Å². The number of hydrogen-bond donors (Lipinski definition) is 1. The standard InChI is InChI=1S/C15H26O4/c1-12(2)15(17)19-9-4-3-8-18-11-13-6-5-7-14(16)10-13/h13-14,16H,1,3-11H2,2H3. The van der Waals surface area contributed by atoms with Crippen molar-refractivity contribution < 1.29 is 19.4 Å². The summed E-state index contributed by atoms with van der Waals surface area (Å²) in [4.78, 5) is 11.1. The molecule has 2 unspecified atom stereocenters. The van der Waals surface area contributed by atoms with Crippen LogP contribution >= 0.6 is 0 Å². The van der Waals surface area contributed by atoms with Gasteiger partial charge in [-0.2, -0.15) is 0 Å². The second kappa shape index (κ2) is 9.10. The van der Waals surface area contributed by atoms with Gasteiger partial charge in [-0.25, -0.2) is 4.79 Å². The van der Waals surface area contributed by atoms with E-state index in [-0.39, 0.29) is 12.1 Å². The number of aliphatic hydroxyl groups is 1. The van der Waals surface area contributed by atoms with Gasteiger partial charge in [-0.05, 0) is 44.9 Å². The van der Waals surface area contributed by atoms with E-state index in [2.05, 4.69) is 6.58 Å². The van der Waals surface area contributed by atoms with Gasteiger partial charge in [0.05, 0.1) is 12.7 Å². The van der Waals surface area contributed by atoms with Gasteiger partial charge in [0.2, 0.25) is 0 Å². The molecule has 0 aromatic rings. The third-order valence-electron chi connectivity index (χ3n) is 3.37. The van der Waals surface area contributed by atoms with Crippen LogP contribution in [0.3, 0.4) is 0 Å². The van der Waals surface area contributed by atoms with Gasteiger partial charge >= 0.3 is 5.97 Å². The zero-order valence-electron chi connectivity index (χ0n) is 11.9. The summed E-state index contributed by atoms with van der Waals surface area (Å²) in [6.07, 6.45) is 5.63. The van der Waals surface area contributed by atoms with Crippen LogP contribution in [0.5, 0.6) is 0 Å². The summed E-state index contributed by atoms with van der Waals surface area (Å²) in [5.41, 5.74) is 0.437. The molecule has 0 heterocycles. The first-order chi connectivity index (χ1) is 9.09. The smallest absolute Gasteiger partial charge is 0.333 e. The zero-order valence-corrected chi connectivity index (χ0v) is 11.9. The predicted octanol–water partition coefficient (Wildman–Crippen LogP) is 2.45. The lowest BCUT2D eigenvalue weighted by Gasteiger charge is -2.25. The molecule has 110 valence electrons. The fourth-order valence-corrected chi connectivity index (χ4v) is 2.26. The monoisotopic (exact) mass is 270 g/mol. The molecule has 1 aliphatic rings. The molecule has 1 N–H and O–H groups in total. The number of hydrogen-bond acceptors (Lipinski definition) is 4. The summed E-state index contributed by atoms with van der Waals surface area (Å²) < 4.78 is 10.6. The first-order valence-corrected chi connectivity index (χ1v) is 7.18. The Hall–Kier alpha value is -0.870. The average Bonchev–Trinajstić information content (AvgIpc) is 2.37. The highest BCUT2D eigenvalue weighted by Gasteiger charge is 2.19. The number of carbonyl (C=O) groups excluding carboxylic acids is 1. The van der Waals surface area contributed by atoms with Crippen molar-refractivity contribution in [1.82, 2.24) is 0 Å². The molecular formula is C15H26O4. The minimum Gasteiger partial charge on any atom is -0.462 e. The summed E-state index contributed by atoms with van der Waals surface area (Å²) in [5, 5.41) is 9.54. The van der Waals surface area contributed by atoms with Crippen LogP contribution in [0.4, 0.5) is 0 Å². The normalized spacial score (nSPS) is 23.1. The van der Waals surface area contributed by atoms with E-state index in [9.17, 15) is 9.90 Å². The second-order valence-electron chi connectivity index (χ2n) is 5.38. The maximum absolute atomic E-state index is 11.1. The molecular weight excluding hydrogens is 244 g/mol. The molecule has 19 heavy (non-hydrogen) atoms. The molecule has 0 bridgehead atoms. The van der Waals surface area contributed by atoms with Gasteiger partial charge in [0.1, 0.15) is 0 Å². The second-order valence-corrected chi connectivity index (χ2v) is 5.38. The molecule has 0 radical (unpaired) electrons. The Bertz CT molecular complexity index is 288. The lowest BCUT2D eigenvalue weighted by atomic mass is 9.88. The minimum absolute atomic E-state index is 0.135. The Morgan fingerprint density at radius 1 is 1.32 bits per heavy atom. The highest BCUT2D eigenvalue weighted by atomic mass is 16.5. The number of esters is 1. The van der Waals surface area contributed by atoms with Crippen LogP contribution in [-0.2, 0) is 14.3 Å². The molecule has 0 aromatic carbocycles. The molecule has 4 nitrogen and oxygen atoms in total. The highest BCUT2D eigenvalue weighted by Crippen LogP contribution is 2.24. The fourth-order valence-electron chi connectivity index (χ4n) is 2.26. The molecule has 1 fully saturated rings. The lowest BCUT2D eigenvalue weighted by molar-refractivity contribution is -0.139. The van der Waals surface area contributed by atoms with Crippen molar-refractivity contribution in [1.29, 1.82) is 0 Å². The Labute approximate surface area is 115 Å². The van der Waals surface area contributed by atoms with Crippen molar-refractivity contribution in [3.05, 3.63) is 12.2 Å². The van der Waals surface area contributed by atoms with E-state index in [0.29, 0.717) is 24.7 Å². The first-order valence-electron chi connectivity index (χ1n) is 7.18. The summed E-state index contributed by atoms with van der Waals surface area (Å²) in [5.74, 6) is 0.183. The summed E-state index contributed by atoms with van der Waals surface area (Å²) in [6.45, 7) is 7.02.